The maximum atomic E-state index is 12.0. The van der Waals surface area contributed by atoms with Gasteiger partial charge in [-0.15, -0.1) is 0 Å². The van der Waals surface area contributed by atoms with Crippen molar-refractivity contribution in [3.63, 3.8) is 0 Å². The quantitative estimate of drug-likeness (QED) is 0.796. The summed E-state index contributed by atoms with van der Waals surface area (Å²) in [5, 5.41) is 2.85. The molecular formula is C15H22N2O3S. The number of amides is 2. The summed E-state index contributed by atoms with van der Waals surface area (Å²) >= 11 is 0. The van der Waals surface area contributed by atoms with Crippen molar-refractivity contribution in [2.45, 2.75) is 38.5 Å². The Morgan fingerprint density at radius 2 is 2.00 bits per heavy atom. The van der Waals surface area contributed by atoms with E-state index in [1.54, 1.807) is 24.3 Å². The number of hydrogen-bond acceptors (Lipinski definition) is 3. The van der Waals surface area contributed by atoms with Crippen LogP contribution < -0.4 is 11.1 Å². The van der Waals surface area contributed by atoms with Gasteiger partial charge < -0.3 is 11.1 Å². The summed E-state index contributed by atoms with van der Waals surface area (Å²) in [4.78, 5) is 22.9. The monoisotopic (exact) mass is 310 g/mol. The van der Waals surface area contributed by atoms with Crippen molar-refractivity contribution >= 4 is 22.6 Å². The highest BCUT2D eigenvalue weighted by atomic mass is 32.2. The van der Waals surface area contributed by atoms with Crippen molar-refractivity contribution in [1.82, 2.24) is 5.32 Å². The van der Waals surface area contributed by atoms with Gasteiger partial charge in [0.15, 0.2) is 0 Å². The van der Waals surface area contributed by atoms with E-state index in [9.17, 15) is 13.8 Å². The highest BCUT2D eigenvalue weighted by Gasteiger charge is 2.19. The number of nitrogens with one attached hydrogen (secondary N) is 1. The average molecular weight is 310 g/mol. The van der Waals surface area contributed by atoms with E-state index in [1.165, 1.54) is 0 Å². The number of nitrogens with two attached hydrogens (primary N) is 1. The van der Waals surface area contributed by atoms with Crippen LogP contribution in [0.5, 0.6) is 0 Å². The van der Waals surface area contributed by atoms with Gasteiger partial charge in [-0.3, -0.25) is 13.8 Å². The Bertz CT molecular complexity index is 556. The fraction of sp³-hybridized carbons (Fsp3) is 0.467. The summed E-state index contributed by atoms with van der Waals surface area (Å²) in [5.74, 6) is -0.581. The van der Waals surface area contributed by atoms with Gasteiger partial charge in [0.2, 0.25) is 11.8 Å². The van der Waals surface area contributed by atoms with E-state index in [4.69, 9.17) is 5.73 Å². The summed E-state index contributed by atoms with van der Waals surface area (Å²) in [6, 6.07) is 6.66. The molecule has 0 bridgehead atoms. The van der Waals surface area contributed by atoms with Crippen LogP contribution >= 0.6 is 0 Å². The molecule has 1 atom stereocenters. The van der Waals surface area contributed by atoms with Crippen molar-refractivity contribution in [3.8, 4) is 0 Å². The molecule has 0 spiro atoms. The Kier molecular flexibility index (Phi) is 6.08. The van der Waals surface area contributed by atoms with Crippen molar-refractivity contribution in [2.24, 2.45) is 5.73 Å². The Morgan fingerprint density at radius 1 is 1.33 bits per heavy atom. The second kappa shape index (κ2) is 7.36. The molecule has 0 unspecified atom stereocenters. The summed E-state index contributed by atoms with van der Waals surface area (Å²) in [6.45, 7) is 5.82. The lowest BCUT2D eigenvalue weighted by Crippen LogP contribution is -2.44. The number of primary amides is 1. The fourth-order valence-corrected chi connectivity index (χ4v) is 2.72. The first-order chi connectivity index (χ1) is 9.73. The lowest BCUT2D eigenvalue weighted by molar-refractivity contribution is -0.120. The van der Waals surface area contributed by atoms with E-state index in [2.05, 4.69) is 5.32 Å². The second-order valence-electron chi connectivity index (χ2n) is 5.58. The smallest absolute Gasteiger partial charge is 0.248 e. The molecule has 6 heteroatoms. The van der Waals surface area contributed by atoms with Crippen molar-refractivity contribution in [3.05, 3.63) is 35.4 Å². The van der Waals surface area contributed by atoms with Gasteiger partial charge in [-0.05, 0) is 38.0 Å². The molecule has 21 heavy (non-hydrogen) atoms. The third kappa shape index (κ3) is 6.08. The zero-order valence-corrected chi connectivity index (χ0v) is 13.5. The van der Waals surface area contributed by atoms with Crippen LogP contribution in [0.4, 0.5) is 0 Å². The minimum atomic E-state index is -1.32. The number of carbonyl (C=O) groups is 2. The molecule has 0 aliphatic rings. The molecule has 0 aliphatic carbocycles. The number of hydrogen-bond donors (Lipinski definition) is 2. The van der Waals surface area contributed by atoms with Crippen LogP contribution in [0.2, 0.25) is 0 Å². The molecule has 0 aromatic heterocycles. The molecule has 1 rings (SSSR count). The molecule has 0 fully saturated rings. The van der Waals surface area contributed by atoms with Crippen LogP contribution in [0, 0.1) is 0 Å². The molecule has 0 radical (unpaired) electrons. The molecule has 1 aromatic carbocycles. The SMILES string of the molecule is CCC(C)(C)NC(=O)C[S@@](=O)Cc1cccc(C(N)=O)c1. The Balaban J connectivity index is 2.60. The molecule has 0 heterocycles. The lowest BCUT2D eigenvalue weighted by Gasteiger charge is -2.24. The van der Waals surface area contributed by atoms with Gasteiger partial charge in [0.1, 0.15) is 5.75 Å². The summed E-state index contributed by atoms with van der Waals surface area (Å²) in [6.07, 6.45) is 0.798. The van der Waals surface area contributed by atoms with Crippen molar-refractivity contribution in [2.75, 3.05) is 5.75 Å². The Morgan fingerprint density at radius 3 is 2.57 bits per heavy atom. The van der Waals surface area contributed by atoms with Gasteiger partial charge in [-0.1, -0.05) is 19.1 Å². The molecule has 2 amide bonds. The van der Waals surface area contributed by atoms with Gasteiger partial charge in [-0.25, -0.2) is 0 Å². The Labute approximate surface area is 127 Å². The van der Waals surface area contributed by atoms with Crippen LogP contribution in [0.1, 0.15) is 43.1 Å². The molecule has 3 N–H and O–H groups in total. The lowest BCUT2D eigenvalue weighted by atomic mass is 10.0. The number of rotatable bonds is 7. The summed E-state index contributed by atoms with van der Waals surface area (Å²) < 4.78 is 12.0. The maximum absolute atomic E-state index is 12.0. The summed E-state index contributed by atoms with van der Waals surface area (Å²) in [5.41, 5.74) is 6.01. The summed E-state index contributed by atoms with van der Waals surface area (Å²) in [7, 11) is -1.32. The normalized spacial score (nSPS) is 12.7. The largest absolute Gasteiger partial charge is 0.366 e. The third-order valence-corrected chi connectivity index (χ3v) is 4.43. The van der Waals surface area contributed by atoms with Crippen LogP contribution in [-0.4, -0.2) is 27.3 Å². The fourth-order valence-electron chi connectivity index (χ4n) is 1.70. The first-order valence-corrected chi connectivity index (χ1v) is 8.27. The highest BCUT2D eigenvalue weighted by molar-refractivity contribution is 7.84. The molecular weight excluding hydrogens is 288 g/mol. The average Bonchev–Trinajstić information content (AvgIpc) is 2.37. The van der Waals surface area contributed by atoms with Crippen LogP contribution in [-0.2, 0) is 21.3 Å². The molecule has 0 saturated carbocycles. The molecule has 1 aromatic rings. The molecule has 116 valence electrons. The first kappa shape index (κ1) is 17.4. The predicted octanol–water partition coefficient (Wildman–Crippen LogP) is 1.34. The molecule has 0 aliphatic heterocycles. The minimum absolute atomic E-state index is 0.0514. The van der Waals surface area contributed by atoms with Gasteiger partial charge >= 0.3 is 0 Å². The third-order valence-electron chi connectivity index (χ3n) is 3.19. The molecule has 5 nitrogen and oxygen atoms in total. The molecule has 0 saturated heterocycles. The number of carbonyl (C=O) groups excluding carboxylic acids is 2. The van der Waals surface area contributed by atoms with Crippen LogP contribution in [0.3, 0.4) is 0 Å². The van der Waals surface area contributed by atoms with Crippen molar-refractivity contribution < 1.29 is 13.8 Å². The zero-order chi connectivity index (χ0) is 16.0. The van der Waals surface area contributed by atoms with E-state index >= 15 is 0 Å². The van der Waals surface area contributed by atoms with Gasteiger partial charge in [0, 0.05) is 27.7 Å². The topological polar surface area (TPSA) is 89.3 Å². The van der Waals surface area contributed by atoms with Crippen LogP contribution in [0.15, 0.2) is 24.3 Å². The predicted molar refractivity (Wildman–Crippen MR) is 84.2 cm³/mol. The van der Waals surface area contributed by atoms with Gasteiger partial charge in [0.25, 0.3) is 0 Å². The first-order valence-electron chi connectivity index (χ1n) is 6.78. The zero-order valence-electron chi connectivity index (χ0n) is 12.6. The van der Waals surface area contributed by atoms with E-state index in [-0.39, 0.29) is 23.0 Å². The highest BCUT2D eigenvalue weighted by Crippen LogP contribution is 2.09. The standard InChI is InChI=1S/C15H22N2O3S/c1-4-15(2,3)17-13(18)10-21(20)9-11-6-5-7-12(8-11)14(16)19/h5-8H,4,9-10H2,1-3H3,(H2,16,19)(H,17,18)/t21-/m0/s1. The van der Waals surface area contributed by atoms with Crippen LogP contribution in [0.25, 0.3) is 0 Å². The van der Waals surface area contributed by atoms with E-state index in [0.717, 1.165) is 12.0 Å². The van der Waals surface area contributed by atoms with E-state index in [0.29, 0.717) is 5.56 Å². The van der Waals surface area contributed by atoms with Gasteiger partial charge in [-0.2, -0.15) is 0 Å². The number of benzene rings is 1. The second-order valence-corrected chi connectivity index (χ2v) is 7.04. The van der Waals surface area contributed by atoms with E-state index < -0.39 is 16.7 Å². The minimum Gasteiger partial charge on any atom is -0.366 e. The Hall–Kier alpha value is -1.69. The van der Waals surface area contributed by atoms with Crippen molar-refractivity contribution in [1.29, 1.82) is 0 Å². The van der Waals surface area contributed by atoms with Gasteiger partial charge in [0.05, 0.1) is 0 Å². The van der Waals surface area contributed by atoms with E-state index in [1.807, 2.05) is 20.8 Å². The maximum Gasteiger partial charge on any atom is 0.248 e.